The van der Waals surface area contributed by atoms with Crippen molar-refractivity contribution in [3.63, 3.8) is 0 Å². The van der Waals surface area contributed by atoms with Crippen LogP contribution in [0.1, 0.15) is 43.6 Å². The Bertz CT molecular complexity index is 2160. The maximum Gasteiger partial charge on any atom is 0.272 e. The molecule has 0 saturated carbocycles. The van der Waals surface area contributed by atoms with E-state index in [9.17, 15) is 24.4 Å². The Hall–Kier alpha value is -5.38. The lowest BCUT2D eigenvalue weighted by Crippen LogP contribution is -2.30. The Labute approximate surface area is 312 Å². The molecule has 1 atom stereocenters. The molecule has 256 valence electrons. The van der Waals surface area contributed by atoms with Gasteiger partial charge in [-0.1, -0.05) is 71.7 Å². The first-order chi connectivity index (χ1) is 24.5. The van der Waals surface area contributed by atoms with Crippen LogP contribution >= 0.6 is 46.3 Å². The molecule has 1 aromatic heterocycles. The molecular weight excluding hydrogens is 725 g/mol. The van der Waals surface area contributed by atoms with Crippen molar-refractivity contribution in [2.75, 3.05) is 16.0 Å². The first kappa shape index (κ1) is 36.9. The smallest absolute Gasteiger partial charge is 0.272 e. The zero-order chi connectivity index (χ0) is 36.5. The van der Waals surface area contributed by atoms with Gasteiger partial charge in [0.25, 0.3) is 17.7 Å². The van der Waals surface area contributed by atoms with Gasteiger partial charge in [-0.25, -0.2) is 0 Å². The summed E-state index contributed by atoms with van der Waals surface area (Å²) in [7, 11) is 0. The SMILES string of the molecule is Cc1c(C(=O)Nc2ccccc2)sc(NC(=O)C(C)Sc2cccc(NC(=O)/C(=C\c3c(Cl)cccc3Cl)NC(=O)c3ccccc3)c2)c1C#N. The number of hydrogen-bond acceptors (Lipinski definition) is 7. The maximum absolute atomic E-state index is 13.6. The molecule has 0 aliphatic rings. The van der Waals surface area contributed by atoms with Crippen molar-refractivity contribution in [1.82, 2.24) is 5.32 Å². The minimum atomic E-state index is -0.632. The van der Waals surface area contributed by atoms with E-state index in [1.54, 1.807) is 111 Å². The van der Waals surface area contributed by atoms with Crippen LogP contribution in [0.3, 0.4) is 0 Å². The Morgan fingerprint density at radius 1 is 0.804 bits per heavy atom. The van der Waals surface area contributed by atoms with Gasteiger partial charge < -0.3 is 21.3 Å². The van der Waals surface area contributed by atoms with E-state index >= 15 is 0 Å². The van der Waals surface area contributed by atoms with Gasteiger partial charge in [0.1, 0.15) is 16.8 Å². The van der Waals surface area contributed by atoms with E-state index in [0.717, 1.165) is 11.3 Å². The van der Waals surface area contributed by atoms with Gasteiger partial charge in [0.05, 0.1) is 15.7 Å². The summed E-state index contributed by atoms with van der Waals surface area (Å²) in [5, 5.41) is 21.1. The van der Waals surface area contributed by atoms with Gasteiger partial charge in [-0.05, 0) is 80.1 Å². The maximum atomic E-state index is 13.6. The molecule has 5 rings (SSSR count). The summed E-state index contributed by atoms with van der Waals surface area (Å²) in [6.07, 6.45) is 1.41. The quantitative estimate of drug-likeness (QED) is 0.0784. The summed E-state index contributed by atoms with van der Waals surface area (Å²) < 4.78 is 0. The fraction of sp³-hybridized carbons (Fsp3) is 0.0789. The number of amides is 4. The van der Waals surface area contributed by atoms with E-state index in [4.69, 9.17) is 23.2 Å². The number of carbonyl (C=O) groups excluding carboxylic acids is 4. The van der Waals surface area contributed by atoms with Crippen molar-refractivity contribution >= 4 is 92.4 Å². The molecule has 0 aliphatic carbocycles. The van der Waals surface area contributed by atoms with E-state index in [1.165, 1.54) is 17.8 Å². The molecule has 5 aromatic rings. The molecule has 4 N–H and O–H groups in total. The molecule has 0 aliphatic heterocycles. The van der Waals surface area contributed by atoms with Gasteiger partial charge in [0.15, 0.2) is 0 Å². The molecule has 1 unspecified atom stereocenters. The minimum absolute atomic E-state index is 0.0963. The Morgan fingerprint density at radius 3 is 2.10 bits per heavy atom. The Kier molecular flexibility index (Phi) is 12.3. The standard InChI is InChI=1S/C38H29Cl2N5O4S2/c1-22-29(21-41)38(51-33(22)37(49)42-25-13-7-4-8-14-25)45-34(46)23(2)50-27-16-9-15-26(19-27)43-36(48)32(20-28-30(39)17-10-18-31(28)40)44-35(47)24-11-5-3-6-12-24/h3-20,23H,1-2H3,(H,42,49)(H,43,48)(H,44,47)(H,45,46)/b32-20+. The normalized spacial score (nSPS) is 11.5. The molecule has 9 nitrogen and oxygen atoms in total. The van der Waals surface area contributed by atoms with Crippen molar-refractivity contribution in [3.8, 4) is 6.07 Å². The summed E-state index contributed by atoms with van der Waals surface area (Å²) in [5.41, 5.74) is 2.30. The molecule has 4 amide bonds. The third-order valence-corrected chi connectivity index (χ3v) is 10.3. The van der Waals surface area contributed by atoms with Gasteiger partial charge in [-0.3, -0.25) is 19.2 Å². The molecule has 0 bridgehead atoms. The summed E-state index contributed by atoms with van der Waals surface area (Å²) >= 11 is 15.0. The number of rotatable bonds is 11. The minimum Gasteiger partial charge on any atom is -0.321 e. The molecular formula is C38H29Cl2N5O4S2. The number of nitrogens with zero attached hydrogens (tertiary/aromatic N) is 1. The number of para-hydroxylation sites is 1. The highest BCUT2D eigenvalue weighted by Gasteiger charge is 2.24. The second-order valence-electron chi connectivity index (χ2n) is 10.9. The zero-order valence-corrected chi connectivity index (χ0v) is 30.3. The average Bonchev–Trinajstić information content (AvgIpc) is 3.44. The van der Waals surface area contributed by atoms with Crippen LogP contribution in [0.4, 0.5) is 16.4 Å². The molecule has 51 heavy (non-hydrogen) atoms. The zero-order valence-electron chi connectivity index (χ0n) is 27.1. The number of thiophene rings is 1. The van der Waals surface area contributed by atoms with Gasteiger partial charge >= 0.3 is 0 Å². The van der Waals surface area contributed by atoms with Crippen LogP contribution in [0.25, 0.3) is 6.08 Å². The van der Waals surface area contributed by atoms with Crippen molar-refractivity contribution in [2.45, 2.75) is 24.0 Å². The van der Waals surface area contributed by atoms with Gasteiger partial charge in [-0.15, -0.1) is 23.1 Å². The third kappa shape index (κ3) is 9.45. The van der Waals surface area contributed by atoms with E-state index in [0.29, 0.717) is 47.9 Å². The number of anilines is 3. The number of carbonyl (C=O) groups is 4. The predicted molar refractivity (Wildman–Crippen MR) is 206 cm³/mol. The highest BCUT2D eigenvalue weighted by Crippen LogP contribution is 2.35. The second-order valence-corrected chi connectivity index (χ2v) is 14.2. The van der Waals surface area contributed by atoms with Crippen molar-refractivity contribution in [1.29, 1.82) is 5.26 Å². The molecule has 0 spiro atoms. The Morgan fingerprint density at radius 2 is 1.43 bits per heavy atom. The van der Waals surface area contributed by atoms with Crippen molar-refractivity contribution in [3.05, 3.63) is 146 Å². The first-order valence-electron chi connectivity index (χ1n) is 15.3. The van der Waals surface area contributed by atoms with Crippen LogP contribution in [0.5, 0.6) is 0 Å². The van der Waals surface area contributed by atoms with Gasteiger partial charge in [-0.2, -0.15) is 5.26 Å². The highest BCUT2D eigenvalue weighted by molar-refractivity contribution is 8.00. The largest absolute Gasteiger partial charge is 0.321 e. The van der Waals surface area contributed by atoms with Crippen molar-refractivity contribution < 1.29 is 19.2 Å². The monoisotopic (exact) mass is 753 g/mol. The fourth-order valence-electron chi connectivity index (χ4n) is 4.71. The lowest BCUT2D eigenvalue weighted by molar-refractivity contribution is -0.115. The van der Waals surface area contributed by atoms with E-state index in [1.807, 2.05) is 6.07 Å². The van der Waals surface area contributed by atoms with E-state index < -0.39 is 17.1 Å². The summed E-state index contributed by atoms with van der Waals surface area (Å²) in [5.74, 6) is -1.90. The average molecular weight is 755 g/mol. The number of nitriles is 1. The van der Waals surface area contributed by atoms with Crippen LogP contribution < -0.4 is 21.3 Å². The van der Waals surface area contributed by atoms with Gasteiger partial charge in [0, 0.05) is 37.4 Å². The van der Waals surface area contributed by atoms with Crippen LogP contribution in [-0.4, -0.2) is 28.9 Å². The summed E-state index contributed by atoms with van der Waals surface area (Å²) in [6.45, 7) is 3.37. The topological polar surface area (TPSA) is 140 Å². The van der Waals surface area contributed by atoms with E-state index in [-0.39, 0.29) is 28.1 Å². The first-order valence-corrected chi connectivity index (χ1v) is 17.8. The molecule has 4 aromatic carbocycles. The number of nitrogens with one attached hydrogen (secondary N) is 4. The number of thioether (sulfide) groups is 1. The van der Waals surface area contributed by atoms with Crippen LogP contribution in [0.15, 0.2) is 114 Å². The summed E-state index contributed by atoms with van der Waals surface area (Å²) in [6, 6.07) is 31.2. The number of halogens is 2. The van der Waals surface area contributed by atoms with Crippen LogP contribution in [0, 0.1) is 18.3 Å². The summed E-state index contributed by atoms with van der Waals surface area (Å²) in [4.78, 5) is 53.9. The molecule has 1 heterocycles. The highest BCUT2D eigenvalue weighted by atomic mass is 35.5. The Balaban J connectivity index is 1.29. The lowest BCUT2D eigenvalue weighted by atomic mass is 10.1. The number of benzene rings is 4. The molecule has 0 radical (unpaired) electrons. The third-order valence-electron chi connectivity index (χ3n) is 7.32. The van der Waals surface area contributed by atoms with Crippen molar-refractivity contribution in [2.24, 2.45) is 0 Å². The van der Waals surface area contributed by atoms with E-state index in [2.05, 4.69) is 27.3 Å². The second kappa shape index (κ2) is 17.0. The van der Waals surface area contributed by atoms with Crippen LogP contribution in [0.2, 0.25) is 10.0 Å². The molecule has 0 saturated heterocycles. The fourth-order valence-corrected chi connectivity index (χ4v) is 7.20. The predicted octanol–water partition coefficient (Wildman–Crippen LogP) is 9.02. The molecule has 13 heteroatoms. The lowest BCUT2D eigenvalue weighted by Gasteiger charge is -2.14. The van der Waals surface area contributed by atoms with Gasteiger partial charge in [0.2, 0.25) is 5.91 Å². The number of hydrogen-bond donors (Lipinski definition) is 4. The van der Waals surface area contributed by atoms with Crippen LogP contribution in [-0.2, 0) is 9.59 Å². The molecule has 0 fully saturated rings.